The maximum atomic E-state index is 13.3. The van der Waals surface area contributed by atoms with E-state index in [1.807, 2.05) is 11.8 Å². The summed E-state index contributed by atoms with van der Waals surface area (Å²) in [6.07, 6.45) is 1.47. The Kier molecular flexibility index (Phi) is 3.71. The number of rotatable bonds is 2. The Morgan fingerprint density at radius 2 is 2.31 bits per heavy atom. The summed E-state index contributed by atoms with van der Waals surface area (Å²) in [5.41, 5.74) is 6.27. The van der Waals surface area contributed by atoms with E-state index in [2.05, 4.69) is 0 Å². The van der Waals surface area contributed by atoms with Crippen LogP contribution in [-0.2, 0) is 0 Å². The zero-order chi connectivity index (χ0) is 11.5. The van der Waals surface area contributed by atoms with E-state index < -0.39 is 11.9 Å². The molecule has 1 aliphatic rings. The Labute approximate surface area is 99.0 Å². The zero-order valence-corrected chi connectivity index (χ0v) is 9.84. The van der Waals surface area contributed by atoms with Gasteiger partial charge in [-0.05, 0) is 36.3 Å². The molecule has 1 aromatic rings. The molecule has 1 aliphatic heterocycles. The molecule has 1 aromatic carbocycles. The molecule has 0 spiro atoms. The lowest BCUT2D eigenvalue weighted by Gasteiger charge is -2.27. The van der Waals surface area contributed by atoms with Crippen molar-refractivity contribution in [3.63, 3.8) is 0 Å². The molecule has 0 saturated carbocycles. The molecule has 1 saturated heterocycles. The predicted octanol–water partition coefficient (Wildman–Crippen LogP) is 2.58. The summed E-state index contributed by atoms with van der Waals surface area (Å²) in [7, 11) is 0. The van der Waals surface area contributed by atoms with Crippen LogP contribution < -0.4 is 5.73 Å². The fourth-order valence-corrected chi connectivity index (χ4v) is 3.27. The Morgan fingerprint density at radius 3 is 3.00 bits per heavy atom. The Hall–Kier alpha value is -0.740. The van der Waals surface area contributed by atoms with Gasteiger partial charge >= 0.3 is 0 Å². The highest BCUT2D eigenvalue weighted by atomic mass is 32.2. The van der Waals surface area contributed by atoms with E-state index in [-0.39, 0.29) is 11.6 Å². The zero-order valence-electron chi connectivity index (χ0n) is 9.03. The van der Waals surface area contributed by atoms with Crippen molar-refractivity contribution in [3.8, 4) is 0 Å². The van der Waals surface area contributed by atoms with Crippen LogP contribution in [0.15, 0.2) is 18.2 Å². The molecular weight excluding hydrogens is 225 g/mol. The molecule has 1 heterocycles. The van der Waals surface area contributed by atoms with Crippen LogP contribution in [0.5, 0.6) is 0 Å². The van der Waals surface area contributed by atoms with Gasteiger partial charge < -0.3 is 10.8 Å². The van der Waals surface area contributed by atoms with Gasteiger partial charge in [-0.3, -0.25) is 0 Å². The van der Waals surface area contributed by atoms with Crippen LogP contribution in [0.4, 0.5) is 10.1 Å². The average molecular weight is 241 g/mol. The summed E-state index contributed by atoms with van der Waals surface area (Å²) in [4.78, 5) is 0. The molecule has 1 fully saturated rings. The second-order valence-electron chi connectivity index (χ2n) is 4.16. The third-order valence-corrected chi connectivity index (χ3v) is 4.29. The van der Waals surface area contributed by atoms with Gasteiger partial charge in [-0.1, -0.05) is 12.1 Å². The summed E-state index contributed by atoms with van der Waals surface area (Å²) in [6, 6.07) is 4.63. The van der Waals surface area contributed by atoms with Crippen LogP contribution >= 0.6 is 11.8 Å². The number of benzene rings is 1. The fourth-order valence-electron chi connectivity index (χ4n) is 2.08. The van der Waals surface area contributed by atoms with E-state index >= 15 is 0 Å². The molecule has 2 rings (SSSR count). The number of halogens is 1. The number of hydrogen-bond acceptors (Lipinski definition) is 3. The van der Waals surface area contributed by atoms with Crippen LogP contribution in [-0.4, -0.2) is 16.6 Å². The van der Waals surface area contributed by atoms with Gasteiger partial charge in [0.05, 0.1) is 11.8 Å². The summed E-state index contributed by atoms with van der Waals surface area (Å²) in [5.74, 6) is 1.83. The number of thioether (sulfide) groups is 1. The van der Waals surface area contributed by atoms with Gasteiger partial charge in [0, 0.05) is 5.56 Å². The molecule has 0 aromatic heterocycles. The van der Waals surface area contributed by atoms with Crippen molar-refractivity contribution in [1.82, 2.24) is 0 Å². The van der Waals surface area contributed by atoms with E-state index in [1.165, 1.54) is 6.07 Å². The Bertz CT molecular complexity index is 366. The first-order valence-electron chi connectivity index (χ1n) is 5.50. The van der Waals surface area contributed by atoms with Gasteiger partial charge in [0.2, 0.25) is 0 Å². The van der Waals surface area contributed by atoms with Crippen molar-refractivity contribution in [2.24, 2.45) is 5.92 Å². The van der Waals surface area contributed by atoms with Crippen molar-refractivity contribution in [2.75, 3.05) is 17.2 Å². The second kappa shape index (κ2) is 5.06. The number of nitrogens with two attached hydrogens (primary N) is 1. The topological polar surface area (TPSA) is 46.2 Å². The van der Waals surface area contributed by atoms with Crippen molar-refractivity contribution < 1.29 is 9.50 Å². The molecule has 16 heavy (non-hydrogen) atoms. The largest absolute Gasteiger partial charge is 0.396 e. The monoisotopic (exact) mass is 241 g/mol. The van der Waals surface area contributed by atoms with Gasteiger partial charge in [0.15, 0.2) is 0 Å². The smallest absolute Gasteiger partial charge is 0.146 e. The third kappa shape index (κ3) is 2.33. The normalized spacial score (nSPS) is 23.0. The van der Waals surface area contributed by atoms with Gasteiger partial charge in [-0.2, -0.15) is 11.8 Å². The molecule has 2 atom stereocenters. The standard InChI is InChI=1S/C12H16FNOS/c13-10-5-1-4-9(11(10)14)12(15)8-3-2-6-16-7-8/h1,4-5,8,12,15H,2-3,6-7,14H2. The van der Waals surface area contributed by atoms with Crippen molar-refractivity contribution in [2.45, 2.75) is 18.9 Å². The lowest BCUT2D eigenvalue weighted by atomic mass is 9.92. The van der Waals surface area contributed by atoms with E-state index in [4.69, 9.17) is 5.73 Å². The summed E-state index contributed by atoms with van der Waals surface area (Å²) >= 11 is 1.84. The van der Waals surface area contributed by atoms with E-state index in [1.54, 1.807) is 12.1 Å². The highest BCUT2D eigenvalue weighted by Crippen LogP contribution is 2.35. The molecule has 0 aliphatic carbocycles. The van der Waals surface area contributed by atoms with Gasteiger partial charge in [-0.15, -0.1) is 0 Å². The maximum absolute atomic E-state index is 13.3. The maximum Gasteiger partial charge on any atom is 0.146 e. The number of aliphatic hydroxyl groups is 1. The number of anilines is 1. The summed E-state index contributed by atoms with van der Waals surface area (Å²) in [5, 5.41) is 10.2. The molecule has 0 radical (unpaired) electrons. The summed E-state index contributed by atoms with van der Waals surface area (Å²) in [6.45, 7) is 0. The number of para-hydroxylation sites is 1. The minimum Gasteiger partial charge on any atom is -0.396 e. The molecule has 88 valence electrons. The summed E-state index contributed by atoms with van der Waals surface area (Å²) < 4.78 is 13.3. The fraction of sp³-hybridized carbons (Fsp3) is 0.500. The quantitative estimate of drug-likeness (QED) is 0.782. The first-order valence-corrected chi connectivity index (χ1v) is 6.65. The van der Waals surface area contributed by atoms with E-state index in [0.29, 0.717) is 5.56 Å². The lowest BCUT2D eigenvalue weighted by molar-refractivity contribution is 0.114. The molecular formula is C12H16FNOS. The third-order valence-electron chi connectivity index (χ3n) is 3.05. The minimum atomic E-state index is -0.636. The second-order valence-corrected chi connectivity index (χ2v) is 5.31. The first-order chi connectivity index (χ1) is 7.70. The van der Waals surface area contributed by atoms with E-state index in [9.17, 15) is 9.50 Å². The van der Waals surface area contributed by atoms with Crippen LogP contribution in [0, 0.1) is 11.7 Å². The highest BCUT2D eigenvalue weighted by molar-refractivity contribution is 7.99. The molecule has 2 unspecified atom stereocenters. The number of hydrogen-bond donors (Lipinski definition) is 2. The number of aliphatic hydroxyl groups excluding tert-OH is 1. The van der Waals surface area contributed by atoms with E-state index in [0.717, 1.165) is 24.3 Å². The van der Waals surface area contributed by atoms with Crippen molar-refractivity contribution >= 4 is 17.4 Å². The van der Waals surface area contributed by atoms with Crippen LogP contribution in [0.2, 0.25) is 0 Å². The molecule has 2 nitrogen and oxygen atoms in total. The molecule has 3 N–H and O–H groups in total. The van der Waals surface area contributed by atoms with Crippen LogP contribution in [0.1, 0.15) is 24.5 Å². The van der Waals surface area contributed by atoms with Crippen LogP contribution in [0.3, 0.4) is 0 Å². The average Bonchev–Trinajstić information content (AvgIpc) is 2.33. The molecule has 0 bridgehead atoms. The van der Waals surface area contributed by atoms with Crippen molar-refractivity contribution in [1.29, 1.82) is 0 Å². The predicted molar refractivity (Wildman–Crippen MR) is 65.8 cm³/mol. The SMILES string of the molecule is Nc1c(F)cccc1C(O)C1CCCSC1. The van der Waals surface area contributed by atoms with Gasteiger partial charge in [0.25, 0.3) is 0 Å². The van der Waals surface area contributed by atoms with Gasteiger partial charge in [0.1, 0.15) is 5.82 Å². The number of nitrogen functional groups attached to an aromatic ring is 1. The first kappa shape index (κ1) is 11.7. The lowest BCUT2D eigenvalue weighted by Crippen LogP contribution is -2.20. The highest BCUT2D eigenvalue weighted by Gasteiger charge is 2.25. The Morgan fingerprint density at radius 1 is 1.50 bits per heavy atom. The molecule has 4 heteroatoms. The molecule has 0 amide bonds. The van der Waals surface area contributed by atoms with Crippen molar-refractivity contribution in [3.05, 3.63) is 29.6 Å². The van der Waals surface area contributed by atoms with Gasteiger partial charge in [-0.25, -0.2) is 4.39 Å². The minimum absolute atomic E-state index is 0.0885. The Balaban J connectivity index is 2.19. The van der Waals surface area contributed by atoms with Crippen LogP contribution in [0.25, 0.3) is 0 Å².